The largest absolute Gasteiger partial charge is 0.443 e. The third-order valence-electron chi connectivity index (χ3n) is 4.26. The van der Waals surface area contributed by atoms with Crippen LogP contribution in [0, 0.1) is 0 Å². The van der Waals surface area contributed by atoms with Gasteiger partial charge < -0.3 is 19.4 Å². The molecule has 0 saturated carbocycles. The summed E-state index contributed by atoms with van der Waals surface area (Å²) in [5, 5.41) is 19.7. The van der Waals surface area contributed by atoms with E-state index in [1.807, 2.05) is 12.1 Å². The Hall–Kier alpha value is -1.96. The highest BCUT2D eigenvalue weighted by molar-refractivity contribution is 5.72. The Balaban J connectivity index is 1.79. The molecule has 0 aromatic carbocycles. The topological polar surface area (TPSA) is 97.7 Å². The predicted octanol–water partition coefficient (Wildman–Crippen LogP) is 1.53. The van der Waals surface area contributed by atoms with E-state index in [-0.39, 0.29) is 13.0 Å². The Morgan fingerprint density at radius 1 is 1.46 bits per heavy atom. The van der Waals surface area contributed by atoms with Crippen molar-refractivity contribution in [3.63, 3.8) is 0 Å². The van der Waals surface area contributed by atoms with Gasteiger partial charge in [0.05, 0.1) is 18.1 Å². The number of aliphatic hydroxyl groups excluding tert-OH is 2. The van der Waals surface area contributed by atoms with Gasteiger partial charge in [-0.25, -0.2) is 4.79 Å². The van der Waals surface area contributed by atoms with Crippen LogP contribution in [-0.4, -0.2) is 38.6 Å². The number of hydrogen-bond donors (Lipinski definition) is 2. The SMILES string of the molecule is C=CCCCCc1cc2cn([C@H]3C[C@H](O)[C@@H](CO)O3)c(=O)nc2o1. The van der Waals surface area contributed by atoms with Gasteiger partial charge in [-0.15, -0.1) is 6.58 Å². The molecule has 0 aliphatic carbocycles. The monoisotopic (exact) mass is 334 g/mol. The molecule has 130 valence electrons. The van der Waals surface area contributed by atoms with Crippen molar-refractivity contribution in [2.24, 2.45) is 0 Å². The number of allylic oxidation sites excluding steroid dienone is 1. The number of aryl methyl sites for hydroxylation is 1. The van der Waals surface area contributed by atoms with Crippen LogP contribution in [0.25, 0.3) is 11.1 Å². The maximum atomic E-state index is 12.2. The number of unbranched alkanes of at least 4 members (excludes halogenated alkanes) is 2. The van der Waals surface area contributed by atoms with Crippen molar-refractivity contribution >= 4 is 11.1 Å². The molecule has 3 heterocycles. The van der Waals surface area contributed by atoms with E-state index in [0.29, 0.717) is 5.71 Å². The minimum Gasteiger partial charge on any atom is -0.443 e. The lowest BCUT2D eigenvalue weighted by molar-refractivity contribution is -0.0457. The third-order valence-corrected chi connectivity index (χ3v) is 4.26. The van der Waals surface area contributed by atoms with Crippen LogP contribution in [-0.2, 0) is 11.2 Å². The van der Waals surface area contributed by atoms with E-state index in [2.05, 4.69) is 11.6 Å². The summed E-state index contributed by atoms with van der Waals surface area (Å²) >= 11 is 0. The summed E-state index contributed by atoms with van der Waals surface area (Å²) in [4.78, 5) is 16.1. The van der Waals surface area contributed by atoms with Gasteiger partial charge in [0, 0.05) is 19.0 Å². The minimum absolute atomic E-state index is 0.241. The molecule has 1 aliphatic heterocycles. The molecular formula is C17H22N2O5. The van der Waals surface area contributed by atoms with Crippen LogP contribution < -0.4 is 5.69 Å². The van der Waals surface area contributed by atoms with Gasteiger partial charge in [0.25, 0.3) is 0 Å². The van der Waals surface area contributed by atoms with Gasteiger partial charge in [0.2, 0.25) is 5.71 Å². The van der Waals surface area contributed by atoms with Crippen LogP contribution in [0.5, 0.6) is 0 Å². The average Bonchev–Trinajstić information content (AvgIpc) is 3.13. The molecular weight excluding hydrogens is 312 g/mol. The van der Waals surface area contributed by atoms with Gasteiger partial charge in [-0.2, -0.15) is 4.98 Å². The Kier molecular flexibility index (Phi) is 5.13. The smallest absolute Gasteiger partial charge is 0.353 e. The van der Waals surface area contributed by atoms with Gasteiger partial charge in [0.15, 0.2) is 0 Å². The van der Waals surface area contributed by atoms with Crippen LogP contribution >= 0.6 is 0 Å². The zero-order chi connectivity index (χ0) is 17.1. The Labute approximate surface area is 139 Å². The lowest BCUT2D eigenvalue weighted by atomic mass is 10.1. The zero-order valence-corrected chi connectivity index (χ0v) is 13.4. The Bertz CT molecular complexity index is 766. The van der Waals surface area contributed by atoms with E-state index >= 15 is 0 Å². The molecule has 24 heavy (non-hydrogen) atoms. The molecule has 7 nitrogen and oxygen atoms in total. The van der Waals surface area contributed by atoms with E-state index in [9.17, 15) is 9.90 Å². The van der Waals surface area contributed by atoms with Crippen LogP contribution in [0.2, 0.25) is 0 Å². The van der Waals surface area contributed by atoms with Crippen LogP contribution in [0.4, 0.5) is 0 Å². The second-order valence-corrected chi connectivity index (χ2v) is 6.05. The van der Waals surface area contributed by atoms with Crippen molar-refractivity contribution in [2.75, 3.05) is 6.61 Å². The van der Waals surface area contributed by atoms with Crippen molar-refractivity contribution in [1.29, 1.82) is 0 Å². The summed E-state index contributed by atoms with van der Waals surface area (Å²) in [6, 6.07) is 1.88. The molecule has 1 saturated heterocycles. The Morgan fingerprint density at radius 2 is 2.29 bits per heavy atom. The summed E-state index contributed by atoms with van der Waals surface area (Å²) in [5.41, 5.74) is -0.182. The molecule has 3 rings (SSSR count). The molecule has 1 aliphatic rings. The molecule has 2 aromatic heterocycles. The quantitative estimate of drug-likeness (QED) is 0.589. The van der Waals surface area contributed by atoms with E-state index in [0.717, 1.165) is 36.8 Å². The molecule has 0 amide bonds. The highest BCUT2D eigenvalue weighted by atomic mass is 16.5. The lowest BCUT2D eigenvalue weighted by Crippen LogP contribution is -2.27. The van der Waals surface area contributed by atoms with E-state index in [1.54, 1.807) is 6.20 Å². The van der Waals surface area contributed by atoms with Gasteiger partial charge in [-0.3, -0.25) is 4.57 Å². The molecule has 0 unspecified atom stereocenters. The first-order valence-electron chi connectivity index (χ1n) is 8.19. The fraction of sp³-hybridized carbons (Fsp3) is 0.529. The molecule has 0 spiro atoms. The number of hydrogen-bond acceptors (Lipinski definition) is 6. The second kappa shape index (κ2) is 7.29. The molecule has 3 atom stereocenters. The van der Waals surface area contributed by atoms with Gasteiger partial charge in [0.1, 0.15) is 18.1 Å². The van der Waals surface area contributed by atoms with Gasteiger partial charge >= 0.3 is 5.69 Å². The number of furan rings is 1. The first kappa shape index (κ1) is 16.9. The Morgan fingerprint density at radius 3 is 3.00 bits per heavy atom. The summed E-state index contributed by atoms with van der Waals surface area (Å²) < 4.78 is 12.5. The first-order valence-corrected chi connectivity index (χ1v) is 8.19. The third kappa shape index (κ3) is 3.43. The number of fused-ring (bicyclic) bond motifs is 1. The van der Waals surface area contributed by atoms with Crippen molar-refractivity contribution < 1.29 is 19.4 Å². The highest BCUT2D eigenvalue weighted by Gasteiger charge is 2.35. The van der Waals surface area contributed by atoms with Crippen LogP contribution in [0.15, 0.2) is 34.1 Å². The predicted molar refractivity (Wildman–Crippen MR) is 87.6 cm³/mol. The van der Waals surface area contributed by atoms with Gasteiger partial charge in [-0.05, 0) is 25.3 Å². The van der Waals surface area contributed by atoms with Crippen molar-refractivity contribution in [3.05, 3.63) is 41.2 Å². The van der Waals surface area contributed by atoms with Crippen LogP contribution in [0.3, 0.4) is 0 Å². The molecule has 7 heteroatoms. The highest BCUT2D eigenvalue weighted by Crippen LogP contribution is 2.28. The number of ether oxygens (including phenoxy) is 1. The maximum Gasteiger partial charge on any atom is 0.353 e. The fourth-order valence-corrected chi connectivity index (χ4v) is 2.94. The number of rotatable bonds is 7. The molecule has 1 fully saturated rings. The number of aromatic nitrogens is 2. The lowest BCUT2D eigenvalue weighted by Gasteiger charge is -2.13. The zero-order valence-electron chi connectivity index (χ0n) is 13.4. The van der Waals surface area contributed by atoms with Crippen molar-refractivity contribution in [2.45, 2.75) is 50.5 Å². The fourth-order valence-electron chi connectivity index (χ4n) is 2.94. The van der Waals surface area contributed by atoms with E-state index < -0.39 is 24.1 Å². The molecule has 0 radical (unpaired) electrons. The molecule has 2 N–H and O–H groups in total. The first-order chi connectivity index (χ1) is 11.6. The maximum absolute atomic E-state index is 12.2. The van der Waals surface area contributed by atoms with Crippen molar-refractivity contribution in [1.82, 2.24) is 9.55 Å². The number of nitrogens with zero attached hydrogens (tertiary/aromatic N) is 2. The summed E-state index contributed by atoms with van der Waals surface area (Å²) in [5.74, 6) is 0.791. The van der Waals surface area contributed by atoms with Crippen molar-refractivity contribution in [3.8, 4) is 0 Å². The summed E-state index contributed by atoms with van der Waals surface area (Å²) in [6.07, 6.45) is 5.43. The summed E-state index contributed by atoms with van der Waals surface area (Å²) in [7, 11) is 0. The second-order valence-electron chi connectivity index (χ2n) is 6.05. The summed E-state index contributed by atoms with van der Waals surface area (Å²) in [6.45, 7) is 3.41. The molecule has 0 bridgehead atoms. The number of aliphatic hydroxyl groups is 2. The van der Waals surface area contributed by atoms with E-state index in [1.165, 1.54) is 4.57 Å². The minimum atomic E-state index is -0.799. The van der Waals surface area contributed by atoms with Crippen LogP contribution in [0.1, 0.15) is 37.7 Å². The average molecular weight is 334 g/mol. The van der Waals surface area contributed by atoms with Gasteiger partial charge in [-0.1, -0.05) is 6.08 Å². The standard InChI is InChI=1S/C17H22N2O5/c1-2-3-4-5-6-12-7-11-9-19(17(22)18-16(11)23-12)15-8-13(21)14(10-20)24-15/h2,7,9,13-15,20-21H,1,3-6,8,10H2/t13-,14+,15+/m0/s1. The normalized spacial score (nSPS) is 23.8. The molecule has 2 aromatic rings. The van der Waals surface area contributed by atoms with E-state index in [4.69, 9.17) is 14.3 Å².